The van der Waals surface area contributed by atoms with Crippen LogP contribution in [0.3, 0.4) is 0 Å². The van der Waals surface area contributed by atoms with Crippen molar-refractivity contribution < 1.29 is 9.36 Å². The lowest BCUT2D eigenvalue weighted by Gasteiger charge is -2.04. The Labute approximate surface area is 115 Å². The summed E-state index contributed by atoms with van der Waals surface area (Å²) in [6.45, 7) is 4.34. The summed E-state index contributed by atoms with van der Waals surface area (Å²) < 4.78 is 2.85. The van der Waals surface area contributed by atoms with E-state index in [1.165, 1.54) is 0 Å². The van der Waals surface area contributed by atoms with Crippen LogP contribution < -0.4 is 4.57 Å². The van der Waals surface area contributed by atoms with Crippen LogP contribution in [-0.2, 0) is 6.54 Å². The van der Waals surface area contributed by atoms with Crippen molar-refractivity contribution in [3.63, 3.8) is 0 Å². The Morgan fingerprint density at radius 1 is 1.28 bits per heavy atom. The van der Waals surface area contributed by atoms with Crippen LogP contribution in [0, 0.1) is 13.8 Å². The van der Waals surface area contributed by atoms with Crippen LogP contribution in [0.5, 0.6) is 0 Å². The first-order valence-corrected chi connectivity index (χ1v) is 6.60. The summed E-state index contributed by atoms with van der Waals surface area (Å²) in [4.78, 5) is 12.3. The number of nitrogens with zero attached hydrogens (tertiary/aromatic N) is 1. The fraction of sp³-hybridized carbons (Fsp3) is 0.200. The average Bonchev–Trinajstić information content (AvgIpc) is 2.32. The summed E-state index contributed by atoms with van der Waals surface area (Å²) in [6, 6.07) is 9.84. The van der Waals surface area contributed by atoms with E-state index in [0.29, 0.717) is 6.54 Å². The second-order valence-corrected chi connectivity index (χ2v) is 5.35. The second-order valence-electron chi connectivity index (χ2n) is 4.44. The molecule has 0 unspecified atom stereocenters. The number of pyridine rings is 1. The smallest absolute Gasteiger partial charge is 0.227 e. The van der Waals surface area contributed by atoms with Gasteiger partial charge in [-0.2, -0.15) is 4.57 Å². The molecule has 2 rings (SSSR count). The minimum atomic E-state index is 0.138. The van der Waals surface area contributed by atoms with Crippen LogP contribution >= 0.6 is 15.9 Å². The van der Waals surface area contributed by atoms with Crippen molar-refractivity contribution in [2.24, 2.45) is 0 Å². The fourth-order valence-corrected chi connectivity index (χ4v) is 2.29. The molecule has 0 atom stereocenters. The van der Waals surface area contributed by atoms with Gasteiger partial charge in [0.15, 0.2) is 12.4 Å². The first kappa shape index (κ1) is 13.0. The lowest BCUT2D eigenvalue weighted by atomic mass is 10.0. The monoisotopic (exact) mass is 304 g/mol. The van der Waals surface area contributed by atoms with E-state index in [0.717, 1.165) is 21.2 Å². The third kappa shape index (κ3) is 3.05. The van der Waals surface area contributed by atoms with E-state index < -0.39 is 0 Å². The Balaban J connectivity index is 2.24. The topological polar surface area (TPSA) is 20.9 Å². The zero-order valence-corrected chi connectivity index (χ0v) is 12.1. The van der Waals surface area contributed by atoms with E-state index >= 15 is 0 Å². The molecule has 2 aromatic rings. The molecule has 0 spiro atoms. The largest absolute Gasteiger partial charge is 0.287 e. The highest BCUT2D eigenvalue weighted by atomic mass is 79.9. The van der Waals surface area contributed by atoms with Crippen molar-refractivity contribution in [1.29, 1.82) is 0 Å². The van der Waals surface area contributed by atoms with Crippen LogP contribution in [0.4, 0.5) is 0 Å². The first-order valence-electron chi connectivity index (χ1n) is 5.81. The summed E-state index contributed by atoms with van der Waals surface area (Å²) in [7, 11) is 0. The zero-order valence-electron chi connectivity index (χ0n) is 10.5. The van der Waals surface area contributed by atoms with Crippen LogP contribution in [0.1, 0.15) is 21.5 Å². The summed E-state index contributed by atoms with van der Waals surface area (Å²) in [6.07, 6.45) is 3.80. The molecule has 18 heavy (non-hydrogen) atoms. The summed E-state index contributed by atoms with van der Waals surface area (Å²) in [5.41, 5.74) is 2.95. The molecule has 1 heterocycles. The van der Waals surface area contributed by atoms with Crippen LogP contribution in [0.25, 0.3) is 0 Å². The third-order valence-electron chi connectivity index (χ3n) is 2.84. The fourth-order valence-electron chi connectivity index (χ4n) is 1.88. The number of rotatable bonds is 3. The quantitative estimate of drug-likeness (QED) is 0.630. The Morgan fingerprint density at radius 3 is 2.78 bits per heavy atom. The van der Waals surface area contributed by atoms with Gasteiger partial charge in [-0.15, -0.1) is 0 Å². The molecule has 0 amide bonds. The molecule has 0 radical (unpaired) electrons. The predicted molar refractivity (Wildman–Crippen MR) is 74.6 cm³/mol. The average molecular weight is 305 g/mol. The SMILES string of the molecule is Cc1ccc(C)c(C(=O)C[n+]2cccc(Br)c2)c1. The van der Waals surface area contributed by atoms with Crippen molar-refractivity contribution in [1.82, 2.24) is 0 Å². The Bertz CT molecular complexity index is 593. The molecule has 0 aliphatic heterocycles. The van der Waals surface area contributed by atoms with Gasteiger partial charge in [-0.05, 0) is 47.5 Å². The van der Waals surface area contributed by atoms with E-state index in [4.69, 9.17) is 0 Å². The molecule has 1 aromatic heterocycles. The lowest BCUT2D eigenvalue weighted by Crippen LogP contribution is -2.37. The number of benzene rings is 1. The van der Waals surface area contributed by atoms with E-state index in [1.807, 2.05) is 61.1 Å². The zero-order chi connectivity index (χ0) is 13.1. The van der Waals surface area contributed by atoms with E-state index in [2.05, 4.69) is 15.9 Å². The molecule has 0 fully saturated rings. The number of carbonyl (C=O) groups excluding carboxylic acids is 1. The minimum absolute atomic E-state index is 0.138. The number of aromatic nitrogens is 1. The molecule has 1 aromatic carbocycles. The maximum absolute atomic E-state index is 12.3. The first-order chi connectivity index (χ1) is 8.56. The van der Waals surface area contributed by atoms with Gasteiger partial charge in [0.1, 0.15) is 0 Å². The van der Waals surface area contributed by atoms with Crippen LogP contribution in [0.15, 0.2) is 47.2 Å². The van der Waals surface area contributed by atoms with Crippen molar-refractivity contribution in [3.05, 3.63) is 63.9 Å². The highest BCUT2D eigenvalue weighted by Gasteiger charge is 2.14. The Hall–Kier alpha value is -1.48. The normalized spacial score (nSPS) is 10.4. The molecular weight excluding hydrogens is 290 g/mol. The van der Waals surface area contributed by atoms with E-state index in [1.54, 1.807) is 0 Å². The van der Waals surface area contributed by atoms with Gasteiger partial charge in [-0.3, -0.25) is 4.79 Å². The predicted octanol–water partition coefficient (Wildman–Crippen LogP) is 3.24. The van der Waals surface area contributed by atoms with E-state index in [-0.39, 0.29) is 5.78 Å². The molecule has 0 N–H and O–H groups in total. The number of aryl methyl sites for hydroxylation is 2. The molecular formula is C15H15BrNO+. The van der Waals surface area contributed by atoms with Gasteiger partial charge in [-0.25, -0.2) is 0 Å². The number of Topliss-reactive ketones (excluding diaryl/α,β-unsaturated/α-hetero) is 1. The maximum atomic E-state index is 12.3. The van der Waals surface area contributed by atoms with Gasteiger partial charge in [0.2, 0.25) is 12.3 Å². The third-order valence-corrected chi connectivity index (χ3v) is 3.31. The van der Waals surface area contributed by atoms with Gasteiger partial charge < -0.3 is 0 Å². The molecule has 0 bridgehead atoms. The maximum Gasteiger partial charge on any atom is 0.227 e. The molecule has 92 valence electrons. The van der Waals surface area contributed by atoms with Crippen LogP contribution in [0.2, 0.25) is 0 Å². The molecule has 0 saturated carbocycles. The second kappa shape index (κ2) is 5.44. The summed E-state index contributed by atoms with van der Waals surface area (Å²) in [5, 5.41) is 0. The lowest BCUT2D eigenvalue weighted by molar-refractivity contribution is -0.683. The van der Waals surface area contributed by atoms with Crippen molar-refractivity contribution >= 4 is 21.7 Å². The van der Waals surface area contributed by atoms with Gasteiger partial charge in [0, 0.05) is 11.6 Å². The van der Waals surface area contributed by atoms with Crippen molar-refractivity contribution in [3.8, 4) is 0 Å². The summed E-state index contributed by atoms with van der Waals surface area (Å²) in [5.74, 6) is 0.138. The highest BCUT2D eigenvalue weighted by Crippen LogP contribution is 2.11. The number of carbonyl (C=O) groups is 1. The number of hydrogen-bond acceptors (Lipinski definition) is 1. The number of ketones is 1. The summed E-state index contributed by atoms with van der Waals surface area (Å²) >= 11 is 3.40. The molecule has 0 saturated heterocycles. The standard InChI is InChI=1S/C15H15BrNO/c1-11-5-6-12(2)14(8-11)15(18)10-17-7-3-4-13(16)9-17/h3-9H,10H2,1-2H3/q+1. The van der Waals surface area contributed by atoms with Gasteiger partial charge >= 0.3 is 0 Å². The number of halogens is 1. The highest BCUT2D eigenvalue weighted by molar-refractivity contribution is 9.10. The Kier molecular flexibility index (Phi) is 3.92. The molecule has 2 nitrogen and oxygen atoms in total. The minimum Gasteiger partial charge on any atom is -0.287 e. The van der Waals surface area contributed by atoms with Crippen molar-refractivity contribution in [2.75, 3.05) is 0 Å². The van der Waals surface area contributed by atoms with Crippen molar-refractivity contribution in [2.45, 2.75) is 20.4 Å². The van der Waals surface area contributed by atoms with Crippen LogP contribution in [-0.4, -0.2) is 5.78 Å². The Morgan fingerprint density at radius 2 is 2.06 bits per heavy atom. The molecule has 0 aliphatic carbocycles. The molecule has 3 heteroatoms. The van der Waals surface area contributed by atoms with Gasteiger partial charge in [-0.1, -0.05) is 17.7 Å². The van der Waals surface area contributed by atoms with Gasteiger partial charge in [0.05, 0.1) is 4.47 Å². The number of hydrogen-bond donors (Lipinski definition) is 0. The van der Waals surface area contributed by atoms with E-state index in [9.17, 15) is 4.79 Å². The molecule has 0 aliphatic rings. The van der Waals surface area contributed by atoms with Gasteiger partial charge in [0.25, 0.3) is 0 Å².